The normalized spacial score (nSPS) is 19.0. The zero-order chi connectivity index (χ0) is 21.5. The number of nitrogens with zero attached hydrogens (tertiary/aromatic N) is 3. The third kappa shape index (κ3) is 5.40. The van der Waals surface area contributed by atoms with Crippen LogP contribution in [0.5, 0.6) is 5.75 Å². The lowest BCUT2D eigenvalue weighted by Gasteiger charge is -2.38. The fraction of sp³-hybridized carbons (Fsp3) is 0.500. The van der Waals surface area contributed by atoms with Gasteiger partial charge in [-0.2, -0.15) is 0 Å². The Balaban J connectivity index is 1.43. The number of para-hydroxylation sites is 2. The van der Waals surface area contributed by atoms with Gasteiger partial charge in [-0.15, -0.1) is 0 Å². The van der Waals surface area contributed by atoms with E-state index in [0.29, 0.717) is 5.91 Å². The van der Waals surface area contributed by atoms with Gasteiger partial charge in [0.05, 0.1) is 18.7 Å². The first-order chi connectivity index (χ1) is 15.3. The van der Waals surface area contributed by atoms with Gasteiger partial charge < -0.3 is 14.5 Å². The van der Waals surface area contributed by atoms with Crippen LogP contribution in [-0.2, 0) is 4.79 Å². The van der Waals surface area contributed by atoms with Gasteiger partial charge in [-0.25, -0.2) is 0 Å². The minimum atomic E-state index is -0.0860. The van der Waals surface area contributed by atoms with Crippen LogP contribution in [0.4, 0.5) is 5.69 Å². The summed E-state index contributed by atoms with van der Waals surface area (Å²) in [6.07, 6.45) is 4.74. The second kappa shape index (κ2) is 10.7. The second-order valence-corrected chi connectivity index (χ2v) is 8.66. The maximum Gasteiger partial charge on any atom is 0.231 e. The zero-order valence-electron chi connectivity index (χ0n) is 18.7. The number of carbonyl (C=O) groups is 1. The molecule has 2 aromatic rings. The Labute approximate surface area is 186 Å². The summed E-state index contributed by atoms with van der Waals surface area (Å²) in [5, 5.41) is 0. The summed E-state index contributed by atoms with van der Waals surface area (Å²) in [5.41, 5.74) is 2.30. The Morgan fingerprint density at radius 1 is 0.839 bits per heavy atom. The Kier molecular flexibility index (Phi) is 7.47. The van der Waals surface area contributed by atoms with E-state index < -0.39 is 0 Å². The summed E-state index contributed by atoms with van der Waals surface area (Å²) < 4.78 is 5.55. The molecule has 5 nitrogen and oxygen atoms in total. The minimum absolute atomic E-state index is 0.0860. The fourth-order valence-corrected chi connectivity index (χ4v) is 4.84. The quantitative estimate of drug-likeness (QED) is 0.706. The van der Waals surface area contributed by atoms with Gasteiger partial charge in [0, 0.05) is 45.8 Å². The van der Waals surface area contributed by atoms with E-state index in [2.05, 4.69) is 51.1 Å². The SMILES string of the molecule is COc1ccccc1N1CCN(CC(C(=O)N2CCCCCC2)c2ccccc2)CC1. The number of carbonyl (C=O) groups excluding carboxylic acids is 1. The van der Waals surface area contributed by atoms with E-state index in [9.17, 15) is 4.79 Å². The number of likely N-dealkylation sites (tertiary alicyclic amines) is 1. The lowest BCUT2D eigenvalue weighted by Crippen LogP contribution is -2.49. The van der Waals surface area contributed by atoms with E-state index >= 15 is 0 Å². The molecular formula is C26H35N3O2. The van der Waals surface area contributed by atoms with Crippen molar-refractivity contribution in [2.45, 2.75) is 31.6 Å². The van der Waals surface area contributed by atoms with Crippen molar-refractivity contribution < 1.29 is 9.53 Å². The smallest absolute Gasteiger partial charge is 0.231 e. The highest BCUT2D eigenvalue weighted by atomic mass is 16.5. The Morgan fingerprint density at radius 3 is 2.16 bits per heavy atom. The van der Waals surface area contributed by atoms with Crippen molar-refractivity contribution in [3.8, 4) is 5.75 Å². The molecule has 0 radical (unpaired) electrons. The average molecular weight is 422 g/mol. The minimum Gasteiger partial charge on any atom is -0.495 e. The van der Waals surface area contributed by atoms with Crippen LogP contribution in [0, 0.1) is 0 Å². The molecule has 1 amide bonds. The van der Waals surface area contributed by atoms with Crippen molar-refractivity contribution in [2.75, 3.05) is 57.8 Å². The first-order valence-electron chi connectivity index (χ1n) is 11.7. The third-order valence-electron chi connectivity index (χ3n) is 6.66. The number of benzene rings is 2. The molecule has 31 heavy (non-hydrogen) atoms. The molecule has 2 heterocycles. The van der Waals surface area contributed by atoms with Crippen LogP contribution in [-0.4, -0.2) is 68.6 Å². The molecule has 2 saturated heterocycles. The number of amides is 1. The lowest BCUT2D eigenvalue weighted by molar-refractivity contribution is -0.133. The molecule has 0 bridgehead atoms. The maximum absolute atomic E-state index is 13.6. The topological polar surface area (TPSA) is 36.0 Å². The summed E-state index contributed by atoms with van der Waals surface area (Å²) in [6, 6.07) is 18.6. The number of rotatable bonds is 6. The number of ether oxygens (including phenoxy) is 1. The van der Waals surface area contributed by atoms with E-state index in [1.165, 1.54) is 12.8 Å². The van der Waals surface area contributed by atoms with Gasteiger partial charge in [-0.1, -0.05) is 55.3 Å². The van der Waals surface area contributed by atoms with Crippen LogP contribution in [0.2, 0.25) is 0 Å². The second-order valence-electron chi connectivity index (χ2n) is 8.66. The summed E-state index contributed by atoms with van der Waals surface area (Å²) >= 11 is 0. The van der Waals surface area contributed by atoms with Crippen molar-refractivity contribution in [2.24, 2.45) is 0 Å². The van der Waals surface area contributed by atoms with Gasteiger partial charge in [0.1, 0.15) is 5.75 Å². The summed E-state index contributed by atoms with van der Waals surface area (Å²) in [7, 11) is 1.73. The summed E-state index contributed by atoms with van der Waals surface area (Å²) in [4.78, 5) is 20.5. The predicted octanol–water partition coefficient (Wildman–Crippen LogP) is 4.00. The number of hydrogen-bond acceptors (Lipinski definition) is 4. The molecule has 1 atom stereocenters. The van der Waals surface area contributed by atoms with Crippen LogP contribution < -0.4 is 9.64 Å². The molecule has 2 aliphatic heterocycles. The van der Waals surface area contributed by atoms with Gasteiger partial charge in [0.15, 0.2) is 0 Å². The monoisotopic (exact) mass is 421 g/mol. The molecule has 0 saturated carbocycles. The number of anilines is 1. The molecule has 2 fully saturated rings. The Bertz CT molecular complexity index is 826. The zero-order valence-corrected chi connectivity index (χ0v) is 18.7. The van der Waals surface area contributed by atoms with E-state index in [-0.39, 0.29) is 5.92 Å². The largest absolute Gasteiger partial charge is 0.495 e. The van der Waals surface area contributed by atoms with E-state index in [1.54, 1.807) is 7.11 Å². The van der Waals surface area contributed by atoms with E-state index in [4.69, 9.17) is 4.74 Å². The molecule has 4 rings (SSSR count). The van der Waals surface area contributed by atoms with Gasteiger partial charge in [-0.3, -0.25) is 9.69 Å². The lowest BCUT2D eigenvalue weighted by atomic mass is 9.96. The van der Waals surface area contributed by atoms with Crippen LogP contribution in [0.1, 0.15) is 37.2 Å². The molecule has 166 valence electrons. The molecule has 2 aromatic carbocycles. The Morgan fingerprint density at radius 2 is 1.48 bits per heavy atom. The first kappa shape index (κ1) is 21.7. The van der Waals surface area contributed by atoms with Gasteiger partial charge in [0.2, 0.25) is 5.91 Å². The maximum atomic E-state index is 13.6. The van der Waals surface area contributed by atoms with Crippen molar-refractivity contribution in [3.05, 3.63) is 60.2 Å². The van der Waals surface area contributed by atoms with Gasteiger partial charge in [-0.05, 0) is 30.5 Å². The first-order valence-corrected chi connectivity index (χ1v) is 11.7. The van der Waals surface area contributed by atoms with Crippen LogP contribution in [0.15, 0.2) is 54.6 Å². The summed E-state index contributed by atoms with van der Waals surface area (Å²) in [5.74, 6) is 1.15. The fourth-order valence-electron chi connectivity index (χ4n) is 4.84. The Hall–Kier alpha value is -2.53. The van der Waals surface area contributed by atoms with Crippen molar-refractivity contribution in [1.82, 2.24) is 9.80 Å². The molecule has 2 aliphatic rings. The molecule has 0 spiro atoms. The highest BCUT2D eigenvalue weighted by molar-refractivity contribution is 5.84. The molecule has 5 heteroatoms. The van der Waals surface area contributed by atoms with Gasteiger partial charge in [0.25, 0.3) is 0 Å². The molecule has 0 aromatic heterocycles. The highest BCUT2D eigenvalue weighted by Crippen LogP contribution is 2.29. The van der Waals surface area contributed by atoms with Crippen LogP contribution in [0.25, 0.3) is 0 Å². The summed E-state index contributed by atoms with van der Waals surface area (Å²) in [6.45, 7) is 6.40. The van der Waals surface area contributed by atoms with Crippen molar-refractivity contribution in [1.29, 1.82) is 0 Å². The third-order valence-corrected chi connectivity index (χ3v) is 6.66. The number of piperazine rings is 1. The molecule has 0 aliphatic carbocycles. The van der Waals surface area contributed by atoms with Crippen molar-refractivity contribution in [3.63, 3.8) is 0 Å². The molecular weight excluding hydrogens is 386 g/mol. The van der Waals surface area contributed by atoms with Crippen molar-refractivity contribution >= 4 is 11.6 Å². The standard InChI is InChI=1S/C26H35N3O2/c1-31-25-14-8-7-13-24(25)28-19-17-27(18-20-28)21-23(22-11-5-4-6-12-22)26(30)29-15-9-2-3-10-16-29/h4-8,11-14,23H,2-3,9-10,15-21H2,1H3. The van der Waals surface area contributed by atoms with E-state index in [0.717, 1.165) is 75.7 Å². The number of methoxy groups -OCH3 is 1. The number of hydrogen-bond donors (Lipinski definition) is 0. The molecule has 1 unspecified atom stereocenters. The van der Waals surface area contributed by atoms with Crippen LogP contribution >= 0.6 is 0 Å². The average Bonchev–Trinajstić information content (AvgIpc) is 3.13. The van der Waals surface area contributed by atoms with E-state index in [1.807, 2.05) is 18.2 Å². The highest BCUT2D eigenvalue weighted by Gasteiger charge is 2.30. The molecule has 0 N–H and O–H groups in total. The van der Waals surface area contributed by atoms with Gasteiger partial charge >= 0.3 is 0 Å². The predicted molar refractivity (Wildman–Crippen MR) is 126 cm³/mol. The van der Waals surface area contributed by atoms with Crippen LogP contribution in [0.3, 0.4) is 0 Å².